The van der Waals surface area contributed by atoms with Gasteiger partial charge in [0.05, 0.1) is 6.61 Å². The molecule has 5 heteroatoms. The summed E-state index contributed by atoms with van der Waals surface area (Å²) in [5.41, 5.74) is 0.908. The van der Waals surface area contributed by atoms with Crippen molar-refractivity contribution >= 4 is 5.82 Å². The summed E-state index contributed by atoms with van der Waals surface area (Å²) in [4.78, 5) is 10.8. The smallest absolute Gasteiger partial charge is 0.156 e. The van der Waals surface area contributed by atoms with Gasteiger partial charge in [-0.15, -0.1) is 0 Å². The third-order valence-electron chi connectivity index (χ3n) is 2.42. The van der Waals surface area contributed by atoms with Crippen molar-refractivity contribution in [2.45, 2.75) is 33.4 Å². The van der Waals surface area contributed by atoms with Gasteiger partial charge < -0.3 is 14.7 Å². The summed E-state index contributed by atoms with van der Waals surface area (Å²) in [5.74, 6) is 1.51. The molecule has 0 saturated heterocycles. The van der Waals surface area contributed by atoms with Gasteiger partial charge in [-0.1, -0.05) is 0 Å². The van der Waals surface area contributed by atoms with Gasteiger partial charge >= 0.3 is 0 Å². The molecule has 0 aliphatic rings. The van der Waals surface area contributed by atoms with Crippen LogP contribution < -0.4 is 4.90 Å². The van der Waals surface area contributed by atoms with Crippen LogP contribution in [0, 0.1) is 6.92 Å². The molecule has 0 spiro atoms. The number of aliphatic hydroxyl groups excluding tert-OH is 1. The molecule has 96 valence electrons. The monoisotopic (exact) mass is 239 g/mol. The second kappa shape index (κ2) is 6.51. The van der Waals surface area contributed by atoms with Crippen molar-refractivity contribution in [3.8, 4) is 0 Å². The Morgan fingerprint density at radius 1 is 1.41 bits per heavy atom. The lowest BCUT2D eigenvalue weighted by atomic mass is 10.3. The van der Waals surface area contributed by atoms with E-state index in [-0.39, 0.29) is 12.6 Å². The minimum atomic E-state index is 0.112. The second-order valence-electron chi connectivity index (χ2n) is 4.23. The van der Waals surface area contributed by atoms with Crippen molar-refractivity contribution in [1.29, 1.82) is 0 Å². The lowest BCUT2D eigenvalue weighted by Gasteiger charge is -2.27. The fraction of sp³-hybridized carbons (Fsp3) is 0.667. The topological polar surface area (TPSA) is 58.5 Å². The summed E-state index contributed by atoms with van der Waals surface area (Å²) in [6, 6.07) is 2.21. The fourth-order valence-electron chi connectivity index (χ4n) is 1.70. The van der Waals surface area contributed by atoms with Crippen molar-refractivity contribution in [3.05, 3.63) is 17.6 Å². The Labute approximate surface area is 102 Å². The predicted molar refractivity (Wildman–Crippen MR) is 67.0 cm³/mol. The highest BCUT2D eigenvalue weighted by molar-refractivity contribution is 5.40. The van der Waals surface area contributed by atoms with Crippen LogP contribution in [0.25, 0.3) is 0 Å². The molecule has 0 bridgehead atoms. The Bertz CT molecular complexity index is 356. The van der Waals surface area contributed by atoms with Gasteiger partial charge in [0.2, 0.25) is 0 Å². The molecule has 1 rings (SSSR count). The average molecular weight is 239 g/mol. The molecule has 1 N–H and O–H groups in total. The van der Waals surface area contributed by atoms with E-state index in [2.05, 4.69) is 23.8 Å². The van der Waals surface area contributed by atoms with Gasteiger partial charge in [-0.2, -0.15) is 0 Å². The number of hydrogen-bond acceptors (Lipinski definition) is 5. The SMILES string of the molecule is COCc1nc(C)cc(N(CCO)C(C)C)n1. The quantitative estimate of drug-likeness (QED) is 0.806. The Hall–Kier alpha value is -1.20. The van der Waals surface area contributed by atoms with Crippen molar-refractivity contribution in [3.63, 3.8) is 0 Å². The van der Waals surface area contributed by atoms with Crippen LogP contribution in [-0.4, -0.2) is 41.4 Å². The Kier molecular flexibility index (Phi) is 5.31. The Morgan fingerprint density at radius 2 is 2.12 bits per heavy atom. The third kappa shape index (κ3) is 3.94. The van der Waals surface area contributed by atoms with Crippen LogP contribution in [0.5, 0.6) is 0 Å². The van der Waals surface area contributed by atoms with Crippen molar-refractivity contribution in [2.24, 2.45) is 0 Å². The van der Waals surface area contributed by atoms with Crippen molar-refractivity contribution < 1.29 is 9.84 Å². The van der Waals surface area contributed by atoms with E-state index in [0.717, 1.165) is 11.5 Å². The van der Waals surface area contributed by atoms with Crippen LogP contribution in [0.3, 0.4) is 0 Å². The number of hydrogen-bond donors (Lipinski definition) is 1. The minimum Gasteiger partial charge on any atom is -0.395 e. The summed E-state index contributed by atoms with van der Waals surface area (Å²) >= 11 is 0. The first kappa shape index (κ1) is 13.9. The highest BCUT2D eigenvalue weighted by Crippen LogP contribution is 2.15. The van der Waals surface area contributed by atoms with E-state index in [1.165, 1.54) is 0 Å². The van der Waals surface area contributed by atoms with Crippen LogP contribution in [0.15, 0.2) is 6.07 Å². The predicted octanol–water partition coefficient (Wildman–Crippen LogP) is 1.14. The van der Waals surface area contributed by atoms with E-state index in [0.29, 0.717) is 19.0 Å². The van der Waals surface area contributed by atoms with Crippen LogP contribution in [0.1, 0.15) is 25.4 Å². The van der Waals surface area contributed by atoms with Gasteiger partial charge in [0.1, 0.15) is 12.4 Å². The van der Waals surface area contributed by atoms with E-state index in [4.69, 9.17) is 9.84 Å². The normalized spacial score (nSPS) is 10.9. The first-order valence-electron chi connectivity index (χ1n) is 5.79. The highest BCUT2D eigenvalue weighted by atomic mass is 16.5. The molecule has 5 nitrogen and oxygen atoms in total. The van der Waals surface area contributed by atoms with Gasteiger partial charge in [-0.25, -0.2) is 9.97 Å². The standard InChI is InChI=1S/C12H21N3O2/c1-9(2)15(5-6-16)12-7-10(3)13-11(14-12)8-17-4/h7,9,16H,5-6,8H2,1-4H3. The number of anilines is 1. The maximum Gasteiger partial charge on any atom is 0.156 e. The van der Waals surface area contributed by atoms with Crippen LogP contribution >= 0.6 is 0 Å². The molecule has 0 aromatic carbocycles. The lowest BCUT2D eigenvalue weighted by Crippen LogP contribution is -2.34. The zero-order valence-electron chi connectivity index (χ0n) is 11.0. The molecular weight excluding hydrogens is 218 g/mol. The molecule has 0 aliphatic carbocycles. The van der Waals surface area contributed by atoms with Crippen molar-refractivity contribution in [2.75, 3.05) is 25.2 Å². The summed E-state index contributed by atoms with van der Waals surface area (Å²) in [6.45, 7) is 7.16. The second-order valence-corrected chi connectivity index (χ2v) is 4.23. The van der Waals surface area contributed by atoms with Gasteiger partial charge in [-0.05, 0) is 20.8 Å². The zero-order chi connectivity index (χ0) is 12.8. The molecule has 1 aromatic heterocycles. The van der Waals surface area contributed by atoms with E-state index >= 15 is 0 Å². The molecule has 0 unspecified atom stereocenters. The maximum absolute atomic E-state index is 9.08. The van der Waals surface area contributed by atoms with Crippen LogP contribution in [-0.2, 0) is 11.3 Å². The molecule has 0 aliphatic heterocycles. The van der Waals surface area contributed by atoms with E-state index in [1.54, 1.807) is 7.11 Å². The first-order chi connectivity index (χ1) is 8.08. The molecule has 1 aromatic rings. The largest absolute Gasteiger partial charge is 0.395 e. The number of rotatable bonds is 6. The van der Waals surface area contributed by atoms with Crippen LogP contribution in [0.4, 0.5) is 5.82 Å². The zero-order valence-corrected chi connectivity index (χ0v) is 11.0. The number of methoxy groups -OCH3 is 1. The molecule has 0 atom stereocenters. The fourth-order valence-corrected chi connectivity index (χ4v) is 1.70. The van der Waals surface area contributed by atoms with E-state index in [9.17, 15) is 0 Å². The van der Waals surface area contributed by atoms with Gasteiger partial charge in [0.25, 0.3) is 0 Å². The Balaban J connectivity index is 3.00. The highest BCUT2D eigenvalue weighted by Gasteiger charge is 2.13. The number of nitrogens with zero attached hydrogens (tertiary/aromatic N) is 3. The van der Waals surface area contributed by atoms with Gasteiger partial charge in [0, 0.05) is 31.5 Å². The summed E-state index contributed by atoms with van der Waals surface area (Å²) in [5, 5.41) is 9.08. The van der Waals surface area contributed by atoms with Crippen LogP contribution in [0.2, 0.25) is 0 Å². The molecule has 0 radical (unpaired) electrons. The van der Waals surface area contributed by atoms with Gasteiger partial charge in [0.15, 0.2) is 5.82 Å². The van der Waals surface area contributed by atoms with Gasteiger partial charge in [-0.3, -0.25) is 0 Å². The molecule has 1 heterocycles. The number of aromatic nitrogens is 2. The summed E-state index contributed by atoms with van der Waals surface area (Å²) in [6.07, 6.45) is 0. The number of aliphatic hydroxyl groups is 1. The van der Waals surface area contributed by atoms with Crippen molar-refractivity contribution in [1.82, 2.24) is 9.97 Å². The van der Waals surface area contributed by atoms with E-state index in [1.807, 2.05) is 17.9 Å². The van der Waals surface area contributed by atoms with E-state index < -0.39 is 0 Å². The molecular formula is C12H21N3O2. The summed E-state index contributed by atoms with van der Waals surface area (Å²) in [7, 11) is 1.62. The lowest BCUT2D eigenvalue weighted by molar-refractivity contribution is 0.177. The molecule has 17 heavy (non-hydrogen) atoms. The first-order valence-corrected chi connectivity index (χ1v) is 5.79. The summed E-state index contributed by atoms with van der Waals surface area (Å²) < 4.78 is 5.05. The molecule has 0 fully saturated rings. The maximum atomic E-state index is 9.08. The molecule has 0 amide bonds. The number of aryl methyl sites for hydroxylation is 1. The third-order valence-corrected chi connectivity index (χ3v) is 2.42. The Morgan fingerprint density at radius 3 is 2.65 bits per heavy atom. The number of ether oxygens (including phenoxy) is 1. The molecule has 0 saturated carbocycles. The minimum absolute atomic E-state index is 0.112. The average Bonchev–Trinajstić information content (AvgIpc) is 2.25.